The van der Waals surface area contributed by atoms with Crippen LogP contribution in [0.15, 0.2) is 16.8 Å². The van der Waals surface area contributed by atoms with Gasteiger partial charge in [0.25, 0.3) is 0 Å². The summed E-state index contributed by atoms with van der Waals surface area (Å²) in [6.45, 7) is 4.86. The first-order valence-corrected chi connectivity index (χ1v) is 7.90. The molecule has 5 heteroatoms. The molecule has 2 aromatic rings. The van der Waals surface area contributed by atoms with E-state index in [1.165, 1.54) is 5.56 Å². The van der Waals surface area contributed by atoms with Crippen molar-refractivity contribution >= 4 is 22.9 Å². The lowest BCUT2D eigenvalue weighted by Crippen LogP contribution is -2.17. The number of hydrogen-bond acceptors (Lipinski definition) is 3. The van der Waals surface area contributed by atoms with E-state index in [9.17, 15) is 5.11 Å². The van der Waals surface area contributed by atoms with Crippen LogP contribution in [-0.2, 0) is 25.8 Å². The Morgan fingerprint density at radius 1 is 1.42 bits per heavy atom. The zero-order valence-corrected chi connectivity index (χ0v) is 12.8. The topological polar surface area (TPSA) is 38.0 Å². The lowest BCUT2D eigenvalue weighted by molar-refractivity contribution is 0.172. The minimum Gasteiger partial charge on any atom is -0.392 e. The first-order chi connectivity index (χ1) is 9.15. The third kappa shape index (κ3) is 3.38. The average Bonchev–Trinajstić information content (AvgIpc) is 2.99. The van der Waals surface area contributed by atoms with Crippen LogP contribution < -0.4 is 0 Å². The standard InChI is InChI=1S/C14H19ClN2OS/c1-3-12-14(15)13(17(4-2)16-12)8-11(18)7-10-5-6-19-9-10/h5-6,9,11,18H,3-4,7-8H2,1-2H3. The summed E-state index contributed by atoms with van der Waals surface area (Å²) >= 11 is 7.99. The van der Waals surface area contributed by atoms with E-state index in [0.717, 1.165) is 24.4 Å². The van der Waals surface area contributed by atoms with Crippen LogP contribution in [0.25, 0.3) is 0 Å². The van der Waals surface area contributed by atoms with Crippen molar-refractivity contribution in [3.8, 4) is 0 Å². The summed E-state index contributed by atoms with van der Waals surface area (Å²) < 4.78 is 1.90. The number of thiophene rings is 1. The molecule has 104 valence electrons. The highest BCUT2D eigenvalue weighted by atomic mass is 35.5. The highest BCUT2D eigenvalue weighted by Gasteiger charge is 2.17. The first kappa shape index (κ1) is 14.6. The van der Waals surface area contributed by atoms with Crippen molar-refractivity contribution in [2.75, 3.05) is 0 Å². The number of aliphatic hydroxyl groups is 1. The van der Waals surface area contributed by atoms with Gasteiger partial charge in [-0.3, -0.25) is 4.68 Å². The van der Waals surface area contributed by atoms with Gasteiger partial charge in [0.15, 0.2) is 0 Å². The minimum absolute atomic E-state index is 0.418. The Morgan fingerprint density at radius 3 is 2.79 bits per heavy atom. The number of hydrogen-bond donors (Lipinski definition) is 1. The molecule has 19 heavy (non-hydrogen) atoms. The van der Waals surface area contributed by atoms with Crippen LogP contribution in [0.2, 0.25) is 5.02 Å². The van der Waals surface area contributed by atoms with Gasteiger partial charge in [-0.05, 0) is 42.2 Å². The van der Waals surface area contributed by atoms with Crippen molar-refractivity contribution in [1.82, 2.24) is 9.78 Å². The molecule has 2 heterocycles. The number of aryl methyl sites for hydroxylation is 2. The predicted molar refractivity (Wildman–Crippen MR) is 80.0 cm³/mol. The summed E-state index contributed by atoms with van der Waals surface area (Å²) in [4.78, 5) is 0. The van der Waals surface area contributed by atoms with E-state index >= 15 is 0 Å². The summed E-state index contributed by atoms with van der Waals surface area (Å²) in [6.07, 6.45) is 1.62. The molecular weight excluding hydrogens is 280 g/mol. The van der Waals surface area contributed by atoms with Gasteiger partial charge in [-0.15, -0.1) is 0 Å². The van der Waals surface area contributed by atoms with Crippen molar-refractivity contribution < 1.29 is 5.11 Å². The first-order valence-electron chi connectivity index (χ1n) is 6.58. The second-order valence-electron chi connectivity index (χ2n) is 4.57. The van der Waals surface area contributed by atoms with Gasteiger partial charge in [0.05, 0.1) is 22.5 Å². The Balaban J connectivity index is 2.11. The zero-order chi connectivity index (χ0) is 13.8. The summed E-state index contributed by atoms with van der Waals surface area (Å²) in [6, 6.07) is 2.05. The van der Waals surface area contributed by atoms with Gasteiger partial charge in [-0.2, -0.15) is 16.4 Å². The Kier molecular flexibility index (Phi) is 5.02. The number of nitrogens with zero attached hydrogens (tertiary/aromatic N) is 2. The molecule has 2 rings (SSSR count). The fourth-order valence-corrected chi connectivity index (χ4v) is 3.22. The number of aliphatic hydroxyl groups excluding tert-OH is 1. The molecule has 0 amide bonds. The molecule has 0 aliphatic heterocycles. The Hall–Kier alpha value is -0.840. The van der Waals surface area contributed by atoms with Crippen LogP contribution in [-0.4, -0.2) is 21.0 Å². The molecule has 1 atom stereocenters. The third-order valence-corrected chi connectivity index (χ3v) is 4.34. The summed E-state index contributed by atoms with van der Waals surface area (Å²) in [7, 11) is 0. The van der Waals surface area contributed by atoms with Crippen LogP contribution in [0.5, 0.6) is 0 Å². The predicted octanol–water partition coefficient (Wildman–Crippen LogP) is 3.33. The Morgan fingerprint density at radius 2 is 2.21 bits per heavy atom. The fourth-order valence-electron chi connectivity index (χ4n) is 2.19. The lowest BCUT2D eigenvalue weighted by atomic mass is 10.1. The van der Waals surface area contributed by atoms with Gasteiger partial charge in [-0.1, -0.05) is 18.5 Å². The maximum absolute atomic E-state index is 10.2. The molecule has 0 aromatic carbocycles. The minimum atomic E-state index is -0.418. The largest absolute Gasteiger partial charge is 0.392 e. The number of aromatic nitrogens is 2. The molecule has 0 radical (unpaired) electrons. The van der Waals surface area contributed by atoms with E-state index in [0.29, 0.717) is 17.9 Å². The molecule has 0 saturated heterocycles. The smallest absolute Gasteiger partial charge is 0.0850 e. The van der Waals surface area contributed by atoms with Crippen molar-refractivity contribution in [2.24, 2.45) is 0 Å². The quantitative estimate of drug-likeness (QED) is 0.888. The van der Waals surface area contributed by atoms with Gasteiger partial charge in [-0.25, -0.2) is 0 Å². The van der Waals surface area contributed by atoms with Crippen molar-refractivity contribution in [3.63, 3.8) is 0 Å². The van der Waals surface area contributed by atoms with E-state index < -0.39 is 6.10 Å². The SMILES string of the molecule is CCc1nn(CC)c(CC(O)Cc2ccsc2)c1Cl. The van der Waals surface area contributed by atoms with Gasteiger partial charge in [0.1, 0.15) is 0 Å². The highest BCUT2D eigenvalue weighted by Crippen LogP contribution is 2.23. The molecule has 1 unspecified atom stereocenters. The molecule has 0 bridgehead atoms. The van der Waals surface area contributed by atoms with Crippen molar-refractivity contribution in [3.05, 3.63) is 38.8 Å². The average molecular weight is 299 g/mol. The van der Waals surface area contributed by atoms with Crippen LogP contribution in [0.1, 0.15) is 30.8 Å². The maximum Gasteiger partial charge on any atom is 0.0850 e. The molecule has 0 saturated carbocycles. The van der Waals surface area contributed by atoms with E-state index in [2.05, 4.69) is 10.5 Å². The maximum atomic E-state index is 10.2. The lowest BCUT2D eigenvalue weighted by Gasteiger charge is -2.11. The van der Waals surface area contributed by atoms with Crippen LogP contribution in [0, 0.1) is 0 Å². The molecule has 0 fully saturated rings. The molecular formula is C14H19ClN2OS. The summed E-state index contributed by atoms with van der Waals surface area (Å²) in [5.74, 6) is 0. The third-order valence-electron chi connectivity index (χ3n) is 3.17. The van der Waals surface area contributed by atoms with Crippen molar-refractivity contribution in [2.45, 2.75) is 45.8 Å². The zero-order valence-electron chi connectivity index (χ0n) is 11.3. The molecule has 3 nitrogen and oxygen atoms in total. The van der Waals surface area contributed by atoms with E-state index in [1.54, 1.807) is 11.3 Å². The van der Waals surface area contributed by atoms with E-state index in [4.69, 9.17) is 11.6 Å². The highest BCUT2D eigenvalue weighted by molar-refractivity contribution is 7.07. The second-order valence-corrected chi connectivity index (χ2v) is 5.73. The summed E-state index contributed by atoms with van der Waals surface area (Å²) in [5, 5.41) is 19.5. The van der Waals surface area contributed by atoms with E-state index in [1.807, 2.05) is 30.0 Å². The van der Waals surface area contributed by atoms with Gasteiger partial charge >= 0.3 is 0 Å². The monoisotopic (exact) mass is 298 g/mol. The fraction of sp³-hybridized carbons (Fsp3) is 0.500. The summed E-state index contributed by atoms with van der Waals surface area (Å²) in [5.41, 5.74) is 3.04. The molecule has 0 aliphatic rings. The van der Waals surface area contributed by atoms with Gasteiger partial charge < -0.3 is 5.11 Å². The Labute approximate surface area is 122 Å². The normalized spacial score (nSPS) is 12.8. The number of rotatable bonds is 6. The molecule has 0 aliphatic carbocycles. The van der Waals surface area contributed by atoms with Crippen LogP contribution in [0.3, 0.4) is 0 Å². The Bertz CT molecular complexity index is 522. The molecule has 1 N–H and O–H groups in total. The molecule has 2 aromatic heterocycles. The van der Waals surface area contributed by atoms with E-state index in [-0.39, 0.29) is 0 Å². The van der Waals surface area contributed by atoms with Crippen LogP contribution >= 0.6 is 22.9 Å². The second kappa shape index (κ2) is 6.55. The number of halogens is 1. The van der Waals surface area contributed by atoms with Gasteiger partial charge in [0, 0.05) is 13.0 Å². The van der Waals surface area contributed by atoms with Crippen molar-refractivity contribution in [1.29, 1.82) is 0 Å². The molecule has 0 spiro atoms. The van der Waals surface area contributed by atoms with Gasteiger partial charge in [0.2, 0.25) is 0 Å². The van der Waals surface area contributed by atoms with Crippen LogP contribution in [0.4, 0.5) is 0 Å².